The molecule has 2 heterocycles. The lowest BCUT2D eigenvalue weighted by atomic mass is 10.1. The second kappa shape index (κ2) is 5.71. The second-order valence-electron chi connectivity index (χ2n) is 5.10. The first kappa shape index (κ1) is 14.0. The van der Waals surface area contributed by atoms with Gasteiger partial charge in [-0.3, -0.25) is 9.48 Å². The zero-order valence-electron chi connectivity index (χ0n) is 11.7. The molecule has 0 saturated carbocycles. The van der Waals surface area contributed by atoms with Crippen LogP contribution in [0, 0.1) is 6.92 Å². The number of nitrogens with one attached hydrogen (secondary N) is 1. The maximum atomic E-state index is 12.1. The van der Waals surface area contributed by atoms with Crippen molar-refractivity contribution in [2.75, 3.05) is 6.54 Å². The van der Waals surface area contributed by atoms with Crippen LogP contribution in [0.4, 0.5) is 0 Å². The van der Waals surface area contributed by atoms with Gasteiger partial charge in [-0.2, -0.15) is 5.10 Å². The van der Waals surface area contributed by atoms with E-state index >= 15 is 0 Å². The Labute approximate surface area is 113 Å². The van der Waals surface area contributed by atoms with Gasteiger partial charge in [-0.15, -0.1) is 0 Å². The Hall–Kier alpha value is -1.40. The van der Waals surface area contributed by atoms with Gasteiger partial charge in [0.05, 0.1) is 18.3 Å². The van der Waals surface area contributed by atoms with Crippen LogP contribution in [0.2, 0.25) is 0 Å². The van der Waals surface area contributed by atoms with Crippen molar-refractivity contribution in [3.63, 3.8) is 0 Å². The van der Waals surface area contributed by atoms with Crippen molar-refractivity contribution >= 4 is 5.91 Å². The highest BCUT2D eigenvalue weighted by Crippen LogP contribution is 2.21. The molecule has 1 aliphatic heterocycles. The Kier molecular flexibility index (Phi) is 4.21. The van der Waals surface area contributed by atoms with Crippen LogP contribution in [-0.4, -0.2) is 34.4 Å². The summed E-state index contributed by atoms with van der Waals surface area (Å²) in [5.41, 5.74) is 7.63. The van der Waals surface area contributed by atoms with Crippen LogP contribution < -0.4 is 11.1 Å². The van der Waals surface area contributed by atoms with Crippen molar-refractivity contribution in [1.29, 1.82) is 0 Å². The lowest BCUT2D eigenvalue weighted by Crippen LogP contribution is -2.37. The van der Waals surface area contributed by atoms with Gasteiger partial charge in [0.25, 0.3) is 0 Å². The fourth-order valence-corrected chi connectivity index (χ4v) is 2.40. The number of nitrogens with two attached hydrogens (primary N) is 1. The van der Waals surface area contributed by atoms with E-state index in [2.05, 4.69) is 10.4 Å². The number of hydrogen-bond acceptors (Lipinski definition) is 4. The normalized spacial score (nSPS) is 24.4. The smallest absolute Gasteiger partial charge is 0.249 e. The molecule has 1 amide bonds. The number of rotatable bonds is 4. The van der Waals surface area contributed by atoms with Gasteiger partial charge in [0.15, 0.2) is 0 Å². The number of nitrogens with zero attached hydrogens (tertiary/aromatic N) is 2. The minimum absolute atomic E-state index is 0.0196. The molecule has 1 aromatic rings. The molecule has 106 valence electrons. The molecule has 0 bridgehead atoms. The zero-order valence-corrected chi connectivity index (χ0v) is 11.7. The van der Waals surface area contributed by atoms with Gasteiger partial charge in [-0.05, 0) is 26.7 Å². The molecule has 0 radical (unpaired) electrons. The largest absolute Gasteiger partial charge is 0.364 e. The molecule has 6 heteroatoms. The van der Waals surface area contributed by atoms with Crippen LogP contribution in [0.25, 0.3) is 0 Å². The summed E-state index contributed by atoms with van der Waals surface area (Å²) in [4.78, 5) is 12.1. The molecule has 6 nitrogen and oxygen atoms in total. The van der Waals surface area contributed by atoms with Gasteiger partial charge >= 0.3 is 0 Å². The van der Waals surface area contributed by atoms with Gasteiger partial charge in [-0.1, -0.05) is 0 Å². The molecule has 1 saturated heterocycles. The van der Waals surface area contributed by atoms with E-state index in [0.717, 1.165) is 24.1 Å². The topological polar surface area (TPSA) is 82.2 Å². The highest BCUT2D eigenvalue weighted by Gasteiger charge is 2.30. The zero-order chi connectivity index (χ0) is 14.0. The molecule has 19 heavy (non-hydrogen) atoms. The molecule has 1 unspecified atom stereocenters. The molecular weight excluding hydrogens is 244 g/mol. The van der Waals surface area contributed by atoms with Crippen LogP contribution in [0.5, 0.6) is 0 Å². The Balaban J connectivity index is 1.94. The summed E-state index contributed by atoms with van der Waals surface area (Å²) >= 11 is 0. The van der Waals surface area contributed by atoms with Crippen molar-refractivity contribution in [3.05, 3.63) is 17.5 Å². The first-order chi connectivity index (χ1) is 9.02. The van der Waals surface area contributed by atoms with Gasteiger partial charge in [0.2, 0.25) is 5.91 Å². The highest BCUT2D eigenvalue weighted by molar-refractivity contribution is 5.81. The standard InChI is InChI=1S/C13H22N4O2/c1-8(11-7-15-17(3)9(11)2)16-13(18)12-5-4-10(6-14)19-12/h7-8,10,12H,4-6,14H2,1-3H3,(H,16,18)/t8?,10-,12+/m1/s1. The van der Waals surface area contributed by atoms with E-state index in [4.69, 9.17) is 10.5 Å². The third-order valence-electron chi connectivity index (χ3n) is 3.76. The van der Waals surface area contributed by atoms with E-state index in [1.165, 1.54) is 0 Å². The highest BCUT2D eigenvalue weighted by atomic mass is 16.5. The van der Waals surface area contributed by atoms with Gasteiger partial charge < -0.3 is 15.8 Å². The molecule has 3 N–H and O–H groups in total. The van der Waals surface area contributed by atoms with Gasteiger partial charge in [0.1, 0.15) is 6.10 Å². The van der Waals surface area contributed by atoms with Crippen LogP contribution >= 0.6 is 0 Å². The monoisotopic (exact) mass is 266 g/mol. The predicted molar refractivity (Wildman–Crippen MR) is 71.5 cm³/mol. The number of ether oxygens (including phenoxy) is 1. The quantitative estimate of drug-likeness (QED) is 0.827. The third kappa shape index (κ3) is 2.96. The molecule has 0 aliphatic carbocycles. The average molecular weight is 266 g/mol. The van der Waals surface area contributed by atoms with E-state index in [0.29, 0.717) is 6.54 Å². The molecule has 1 fully saturated rings. The van der Waals surface area contributed by atoms with Crippen LogP contribution in [0.3, 0.4) is 0 Å². The van der Waals surface area contributed by atoms with Crippen molar-refractivity contribution in [1.82, 2.24) is 15.1 Å². The Morgan fingerprint density at radius 3 is 2.95 bits per heavy atom. The minimum atomic E-state index is -0.368. The molecule has 3 atom stereocenters. The fourth-order valence-electron chi connectivity index (χ4n) is 2.40. The van der Waals surface area contributed by atoms with Crippen molar-refractivity contribution < 1.29 is 9.53 Å². The summed E-state index contributed by atoms with van der Waals surface area (Å²) in [5.74, 6) is -0.0632. The molecule has 0 aromatic carbocycles. The number of carbonyl (C=O) groups is 1. The second-order valence-corrected chi connectivity index (χ2v) is 5.10. The SMILES string of the molecule is Cc1c(C(C)NC(=O)[C@@H]2CC[C@H](CN)O2)cnn1C. The van der Waals surface area contributed by atoms with Crippen molar-refractivity contribution in [2.45, 2.75) is 44.9 Å². The number of amides is 1. The fraction of sp³-hybridized carbons (Fsp3) is 0.692. The summed E-state index contributed by atoms with van der Waals surface area (Å²) in [6.45, 7) is 4.42. The lowest BCUT2D eigenvalue weighted by Gasteiger charge is -2.17. The summed E-state index contributed by atoms with van der Waals surface area (Å²) in [6, 6.07) is -0.0678. The number of carbonyl (C=O) groups excluding carboxylic acids is 1. The Morgan fingerprint density at radius 1 is 1.68 bits per heavy atom. The Morgan fingerprint density at radius 2 is 2.42 bits per heavy atom. The van der Waals surface area contributed by atoms with E-state index in [-0.39, 0.29) is 24.2 Å². The summed E-state index contributed by atoms with van der Waals surface area (Å²) in [6.07, 6.45) is 3.04. The summed E-state index contributed by atoms with van der Waals surface area (Å²) in [5, 5.41) is 7.16. The van der Waals surface area contributed by atoms with E-state index in [1.54, 1.807) is 10.9 Å². The molecule has 1 aromatic heterocycles. The lowest BCUT2D eigenvalue weighted by molar-refractivity contribution is -0.132. The molecule has 0 spiro atoms. The van der Waals surface area contributed by atoms with Gasteiger partial charge in [0, 0.05) is 24.8 Å². The van der Waals surface area contributed by atoms with Crippen molar-refractivity contribution in [2.24, 2.45) is 12.8 Å². The van der Waals surface area contributed by atoms with E-state index in [1.807, 2.05) is 20.9 Å². The van der Waals surface area contributed by atoms with Crippen LogP contribution in [0.15, 0.2) is 6.20 Å². The first-order valence-corrected chi connectivity index (χ1v) is 6.67. The third-order valence-corrected chi connectivity index (χ3v) is 3.76. The molecule has 2 rings (SSSR count). The first-order valence-electron chi connectivity index (χ1n) is 6.67. The maximum absolute atomic E-state index is 12.1. The van der Waals surface area contributed by atoms with E-state index in [9.17, 15) is 4.79 Å². The predicted octanol–water partition coefficient (Wildman–Crippen LogP) is 0.412. The average Bonchev–Trinajstić information content (AvgIpc) is 2.98. The number of aromatic nitrogens is 2. The molecule has 1 aliphatic rings. The number of aryl methyl sites for hydroxylation is 1. The summed E-state index contributed by atoms with van der Waals surface area (Å²) < 4.78 is 7.39. The summed E-state index contributed by atoms with van der Waals surface area (Å²) in [7, 11) is 1.89. The molecular formula is C13H22N4O2. The van der Waals surface area contributed by atoms with Crippen molar-refractivity contribution in [3.8, 4) is 0 Å². The maximum Gasteiger partial charge on any atom is 0.249 e. The van der Waals surface area contributed by atoms with Crippen LogP contribution in [0.1, 0.15) is 37.1 Å². The van der Waals surface area contributed by atoms with Gasteiger partial charge in [-0.25, -0.2) is 0 Å². The van der Waals surface area contributed by atoms with E-state index < -0.39 is 0 Å². The number of hydrogen-bond donors (Lipinski definition) is 2. The van der Waals surface area contributed by atoms with Crippen LogP contribution in [-0.2, 0) is 16.6 Å². The Bertz CT molecular complexity index is 457. The minimum Gasteiger partial charge on any atom is -0.364 e.